The molecular weight excluding hydrogens is 236 g/mol. The molecule has 0 aromatic rings. The van der Waals surface area contributed by atoms with Crippen LogP contribution in [-0.4, -0.2) is 21.4 Å². The molecule has 1 aliphatic rings. The van der Waals surface area contributed by atoms with Gasteiger partial charge in [0.25, 0.3) is 0 Å². The van der Waals surface area contributed by atoms with Crippen molar-refractivity contribution in [3.05, 3.63) is 11.3 Å². The van der Waals surface area contributed by atoms with Gasteiger partial charge in [0.1, 0.15) is 0 Å². The van der Waals surface area contributed by atoms with Gasteiger partial charge in [-0.2, -0.15) is 0 Å². The largest absolute Gasteiger partial charge is 0.0935 e. The molecule has 0 saturated carbocycles. The first-order chi connectivity index (χ1) is 7.77. The van der Waals surface area contributed by atoms with E-state index < -0.39 is 8.31 Å². The van der Waals surface area contributed by atoms with Crippen LogP contribution in [0.2, 0.25) is 11.1 Å². The van der Waals surface area contributed by atoms with Gasteiger partial charge in [0, 0.05) is 7.93 Å². The summed E-state index contributed by atoms with van der Waals surface area (Å²) in [4.78, 5) is 0. The Hall–Kier alpha value is 0.0438. The van der Waals surface area contributed by atoms with Crippen LogP contribution in [0, 0.1) is 11.8 Å². The summed E-state index contributed by atoms with van der Waals surface area (Å²) < 4.78 is 0. The Morgan fingerprint density at radius 3 is 1.71 bits per heavy atom. The molecular formula is C15H30Si2. The van der Waals surface area contributed by atoms with Gasteiger partial charge >= 0.3 is 0 Å². The van der Waals surface area contributed by atoms with E-state index in [0.717, 1.165) is 22.9 Å². The van der Waals surface area contributed by atoms with E-state index in [9.17, 15) is 0 Å². The summed E-state index contributed by atoms with van der Waals surface area (Å²) in [5.74, 6) is 1.51. The van der Waals surface area contributed by atoms with E-state index in [1.807, 2.05) is 5.17 Å². The summed E-state index contributed by atoms with van der Waals surface area (Å²) in [5, 5.41) is 1.91. The van der Waals surface area contributed by atoms with Gasteiger partial charge in [0.15, 0.2) is 0 Å². The second kappa shape index (κ2) is 5.79. The van der Waals surface area contributed by atoms with Crippen molar-refractivity contribution in [2.24, 2.45) is 11.8 Å². The maximum Gasteiger partial charge on any atom is 0.0751 e. The van der Waals surface area contributed by atoms with E-state index in [2.05, 4.69) is 61.1 Å². The van der Waals surface area contributed by atoms with Crippen LogP contribution in [0.15, 0.2) is 11.3 Å². The molecule has 1 atom stereocenters. The smallest absolute Gasteiger partial charge is 0.0751 e. The second-order valence-electron chi connectivity index (χ2n) is 6.72. The van der Waals surface area contributed by atoms with Gasteiger partial charge in [0.2, 0.25) is 0 Å². The average Bonchev–Trinajstić information content (AvgIpc) is 2.56. The molecule has 1 unspecified atom stereocenters. The summed E-state index contributed by atoms with van der Waals surface area (Å²) >= 11 is 0. The maximum atomic E-state index is 2.78. The quantitative estimate of drug-likeness (QED) is 0.671. The molecule has 0 nitrogen and oxygen atoms in total. The van der Waals surface area contributed by atoms with Crippen LogP contribution in [0.4, 0.5) is 0 Å². The monoisotopic (exact) mass is 266 g/mol. The van der Waals surface area contributed by atoms with Crippen molar-refractivity contribution in [3.8, 4) is 0 Å². The Morgan fingerprint density at radius 1 is 0.882 bits per heavy atom. The number of rotatable bonds is 4. The lowest BCUT2D eigenvalue weighted by Gasteiger charge is -2.23. The molecule has 0 bridgehead atoms. The minimum atomic E-state index is -0.652. The zero-order valence-electron chi connectivity index (χ0n) is 13.0. The summed E-state index contributed by atoms with van der Waals surface area (Å²) in [6.07, 6.45) is 0. The van der Waals surface area contributed by atoms with Gasteiger partial charge in [-0.15, -0.1) is 0 Å². The number of allylic oxidation sites excluding steroid dienone is 1. The predicted octanol–water partition coefficient (Wildman–Crippen LogP) is 4.15. The van der Waals surface area contributed by atoms with Crippen LogP contribution in [0.25, 0.3) is 0 Å². The third-order valence-corrected chi connectivity index (χ3v) is 17.1. The minimum Gasteiger partial charge on any atom is -0.0935 e. The summed E-state index contributed by atoms with van der Waals surface area (Å²) in [5.41, 5.74) is 6.40. The van der Waals surface area contributed by atoms with Crippen LogP contribution in [0.5, 0.6) is 0 Å². The standard InChI is InChI=1S/C15H30Si2/c1-10(2)14-9-16(12(5)6)17(13(7)8)15(14)11(3)4/h9-13,16H,1-8H3. The van der Waals surface area contributed by atoms with Gasteiger partial charge in [-0.1, -0.05) is 71.8 Å². The highest BCUT2D eigenvalue weighted by Gasteiger charge is 2.33. The zero-order valence-corrected chi connectivity index (χ0v) is 15.1. The normalized spacial score (nSPS) is 21.4. The Morgan fingerprint density at radius 2 is 1.41 bits per heavy atom. The van der Waals surface area contributed by atoms with Crippen molar-refractivity contribution in [2.75, 3.05) is 0 Å². The molecule has 17 heavy (non-hydrogen) atoms. The fourth-order valence-corrected chi connectivity index (χ4v) is 16.8. The van der Waals surface area contributed by atoms with E-state index in [1.54, 1.807) is 5.57 Å². The molecule has 0 saturated heterocycles. The van der Waals surface area contributed by atoms with Gasteiger partial charge in [-0.05, 0) is 22.9 Å². The van der Waals surface area contributed by atoms with Gasteiger partial charge in [0.05, 0.1) is 8.31 Å². The number of hydrogen-bond acceptors (Lipinski definition) is 0. The average molecular weight is 267 g/mol. The zero-order chi connectivity index (χ0) is 13.3. The van der Waals surface area contributed by atoms with Crippen LogP contribution < -0.4 is 0 Å². The van der Waals surface area contributed by atoms with E-state index >= 15 is 0 Å². The van der Waals surface area contributed by atoms with Crippen molar-refractivity contribution in [1.29, 1.82) is 0 Å². The van der Waals surface area contributed by atoms with Crippen LogP contribution in [-0.2, 0) is 0 Å². The van der Waals surface area contributed by atoms with Crippen LogP contribution in [0.1, 0.15) is 55.4 Å². The Bertz CT molecular complexity index is 333. The predicted molar refractivity (Wildman–Crippen MR) is 85.9 cm³/mol. The van der Waals surface area contributed by atoms with Crippen molar-refractivity contribution < 1.29 is 0 Å². The molecule has 0 aromatic carbocycles. The molecule has 0 radical (unpaired) electrons. The van der Waals surface area contributed by atoms with E-state index in [4.69, 9.17) is 0 Å². The summed E-state index contributed by atoms with van der Waals surface area (Å²) in [7, 11) is -0.887. The van der Waals surface area contributed by atoms with Crippen molar-refractivity contribution in [2.45, 2.75) is 66.5 Å². The SMILES string of the molecule is CC(C)C1=C[SiH](C(C)C)[Si](C(C)C)=C1C(C)C. The molecule has 1 rings (SSSR count). The molecule has 1 aliphatic heterocycles. The molecule has 0 fully saturated rings. The lowest BCUT2D eigenvalue weighted by molar-refractivity contribution is 0.783. The molecule has 0 aliphatic carbocycles. The first-order valence-corrected chi connectivity index (χ1v) is 11.9. The first-order valence-electron chi connectivity index (χ1n) is 7.23. The third kappa shape index (κ3) is 3.08. The Balaban J connectivity index is 3.30. The van der Waals surface area contributed by atoms with Gasteiger partial charge in [-0.25, -0.2) is 0 Å². The maximum absolute atomic E-state index is 2.78. The van der Waals surface area contributed by atoms with Gasteiger partial charge in [-0.3, -0.25) is 0 Å². The fourth-order valence-electron chi connectivity index (χ4n) is 3.14. The molecule has 0 N–H and O–H groups in total. The first kappa shape index (κ1) is 15.1. The topological polar surface area (TPSA) is 0 Å². The third-order valence-electron chi connectivity index (χ3n) is 3.88. The van der Waals surface area contributed by atoms with Crippen LogP contribution in [0.3, 0.4) is 0 Å². The molecule has 98 valence electrons. The van der Waals surface area contributed by atoms with Crippen LogP contribution >= 0.6 is 0 Å². The molecule has 0 aromatic heterocycles. The Labute approximate surface area is 111 Å². The Kier molecular flexibility index (Phi) is 5.14. The van der Waals surface area contributed by atoms with Crippen molar-refractivity contribution >= 4 is 21.4 Å². The lowest BCUT2D eigenvalue weighted by Crippen LogP contribution is -2.35. The highest BCUT2D eigenvalue weighted by molar-refractivity contribution is 7.30. The highest BCUT2D eigenvalue weighted by atomic mass is 29.2. The van der Waals surface area contributed by atoms with Crippen molar-refractivity contribution in [3.63, 3.8) is 0 Å². The molecule has 0 spiro atoms. The number of hydrogen-bond donors (Lipinski definition) is 0. The lowest BCUT2D eigenvalue weighted by atomic mass is 9.95. The highest BCUT2D eigenvalue weighted by Crippen LogP contribution is 2.30. The van der Waals surface area contributed by atoms with E-state index in [1.165, 1.54) is 0 Å². The van der Waals surface area contributed by atoms with E-state index in [-0.39, 0.29) is 7.93 Å². The fraction of sp³-hybridized carbons (Fsp3) is 0.800. The molecule has 2 heteroatoms. The second-order valence-corrected chi connectivity index (χ2v) is 15.9. The van der Waals surface area contributed by atoms with Gasteiger partial charge < -0.3 is 0 Å². The molecule has 1 heterocycles. The minimum absolute atomic E-state index is 0.235. The van der Waals surface area contributed by atoms with E-state index in [0.29, 0.717) is 0 Å². The van der Waals surface area contributed by atoms with Crippen molar-refractivity contribution in [1.82, 2.24) is 0 Å². The summed E-state index contributed by atoms with van der Waals surface area (Å²) in [6, 6.07) is 0. The molecule has 0 amide bonds. The summed E-state index contributed by atoms with van der Waals surface area (Å²) in [6.45, 7) is 19.4.